The van der Waals surface area contributed by atoms with E-state index in [1.807, 2.05) is 19.1 Å². The molecular weight excluding hydrogens is 232 g/mol. The van der Waals surface area contributed by atoms with E-state index in [4.69, 9.17) is 22.7 Å². The number of aryl methyl sites for hydroxylation is 1. The maximum atomic E-state index is 5.64. The fourth-order valence-corrected chi connectivity index (χ4v) is 1.97. The maximum absolute atomic E-state index is 5.64. The molecule has 0 spiro atoms. The van der Waals surface area contributed by atoms with Gasteiger partial charge in [-0.05, 0) is 37.1 Å². The third-order valence-electron chi connectivity index (χ3n) is 2.76. The number of ether oxygens (including phenoxy) is 1. The molecule has 2 N–H and O–H groups in total. The number of nitrogens with two attached hydrogens (primary N) is 1. The fraction of sp³-hybridized carbons (Fsp3) is 0.462. The van der Waals surface area contributed by atoms with Gasteiger partial charge >= 0.3 is 0 Å². The van der Waals surface area contributed by atoms with Gasteiger partial charge in [-0.3, -0.25) is 0 Å². The molecule has 0 saturated carbocycles. The van der Waals surface area contributed by atoms with Crippen LogP contribution in [0.25, 0.3) is 0 Å². The van der Waals surface area contributed by atoms with E-state index < -0.39 is 0 Å². The molecule has 0 radical (unpaired) electrons. The van der Waals surface area contributed by atoms with Crippen LogP contribution in [0.3, 0.4) is 0 Å². The molecule has 1 aromatic rings. The highest BCUT2D eigenvalue weighted by molar-refractivity contribution is 7.80. The summed E-state index contributed by atoms with van der Waals surface area (Å²) in [6.45, 7) is 3.79. The summed E-state index contributed by atoms with van der Waals surface area (Å²) in [5.74, 6) is 0. The molecule has 0 heterocycles. The summed E-state index contributed by atoms with van der Waals surface area (Å²) < 4.78 is 5.04. The van der Waals surface area contributed by atoms with E-state index in [0.717, 1.165) is 30.7 Å². The molecule has 1 rings (SSSR count). The van der Waals surface area contributed by atoms with Crippen LogP contribution < -0.4 is 10.6 Å². The van der Waals surface area contributed by atoms with Gasteiger partial charge in [0.1, 0.15) is 4.99 Å². The number of benzene rings is 1. The van der Waals surface area contributed by atoms with E-state index in [9.17, 15) is 0 Å². The van der Waals surface area contributed by atoms with E-state index in [2.05, 4.69) is 18.0 Å². The normalized spacial score (nSPS) is 10.3. The summed E-state index contributed by atoms with van der Waals surface area (Å²) in [6, 6.07) is 6.15. The monoisotopic (exact) mass is 252 g/mol. The molecule has 0 unspecified atom stereocenters. The molecule has 0 bridgehead atoms. The van der Waals surface area contributed by atoms with Gasteiger partial charge in [0, 0.05) is 38.6 Å². The minimum atomic E-state index is 0.455. The van der Waals surface area contributed by atoms with Gasteiger partial charge < -0.3 is 15.4 Å². The number of anilines is 1. The van der Waals surface area contributed by atoms with E-state index in [-0.39, 0.29) is 0 Å². The lowest BCUT2D eigenvalue weighted by Gasteiger charge is -2.20. The number of nitrogens with zero attached hydrogens (tertiary/aromatic N) is 1. The molecule has 0 aliphatic carbocycles. The van der Waals surface area contributed by atoms with Crippen molar-refractivity contribution in [1.82, 2.24) is 0 Å². The first-order chi connectivity index (χ1) is 8.06. The second-order valence-electron chi connectivity index (χ2n) is 4.13. The quantitative estimate of drug-likeness (QED) is 0.621. The number of rotatable bonds is 6. The summed E-state index contributed by atoms with van der Waals surface area (Å²) >= 11 is 4.99. The van der Waals surface area contributed by atoms with Crippen molar-refractivity contribution < 1.29 is 4.74 Å². The van der Waals surface area contributed by atoms with Gasteiger partial charge in [-0.25, -0.2) is 0 Å². The lowest BCUT2D eigenvalue weighted by Crippen LogP contribution is -2.20. The first-order valence-electron chi connectivity index (χ1n) is 5.66. The number of thiocarbonyl (C=S) groups is 1. The molecule has 94 valence electrons. The fourth-order valence-electron chi connectivity index (χ4n) is 1.74. The molecule has 0 aromatic heterocycles. The molecule has 0 atom stereocenters. The third-order valence-corrected chi connectivity index (χ3v) is 2.98. The molecule has 0 saturated heterocycles. The van der Waals surface area contributed by atoms with Crippen molar-refractivity contribution in [3.8, 4) is 0 Å². The van der Waals surface area contributed by atoms with Crippen LogP contribution in [0.5, 0.6) is 0 Å². The Morgan fingerprint density at radius 2 is 2.18 bits per heavy atom. The second-order valence-corrected chi connectivity index (χ2v) is 4.57. The van der Waals surface area contributed by atoms with Crippen molar-refractivity contribution in [2.24, 2.45) is 5.73 Å². The van der Waals surface area contributed by atoms with Gasteiger partial charge in [0.05, 0.1) is 0 Å². The number of hydrogen-bond donors (Lipinski definition) is 1. The molecule has 1 aromatic carbocycles. The van der Waals surface area contributed by atoms with Crippen LogP contribution in [-0.4, -0.2) is 32.3 Å². The Bertz CT molecular complexity index is 393. The largest absolute Gasteiger partial charge is 0.389 e. The summed E-state index contributed by atoms with van der Waals surface area (Å²) in [6.07, 6.45) is 1.02. The Balaban J connectivity index is 2.72. The lowest BCUT2D eigenvalue weighted by atomic mass is 10.1. The molecule has 3 nitrogen and oxygen atoms in total. The van der Waals surface area contributed by atoms with E-state index in [0.29, 0.717) is 4.99 Å². The smallest absolute Gasteiger partial charge is 0.104 e. The van der Waals surface area contributed by atoms with Crippen molar-refractivity contribution in [2.45, 2.75) is 13.3 Å². The second kappa shape index (κ2) is 6.57. The third kappa shape index (κ3) is 3.98. The minimum Gasteiger partial charge on any atom is -0.389 e. The Morgan fingerprint density at radius 3 is 2.71 bits per heavy atom. The van der Waals surface area contributed by atoms with Gasteiger partial charge in [-0.1, -0.05) is 12.2 Å². The predicted octanol–water partition coefficient (Wildman–Crippen LogP) is 2.10. The highest BCUT2D eigenvalue weighted by Crippen LogP contribution is 2.18. The standard InChI is InChI=1S/C13H20N2OS/c1-10-9-11(5-6-12(10)13(14)17)15(2)7-4-8-16-3/h5-6,9H,4,7-8H2,1-3H3,(H2,14,17). The Hall–Kier alpha value is -1.13. The highest BCUT2D eigenvalue weighted by Gasteiger charge is 2.05. The number of hydrogen-bond acceptors (Lipinski definition) is 3. The summed E-state index contributed by atoms with van der Waals surface area (Å²) in [7, 11) is 3.80. The van der Waals surface area contributed by atoms with Crippen molar-refractivity contribution >= 4 is 22.9 Å². The van der Waals surface area contributed by atoms with Crippen LogP contribution in [0, 0.1) is 6.92 Å². The van der Waals surface area contributed by atoms with E-state index in [1.165, 1.54) is 5.69 Å². The average Bonchev–Trinajstić information content (AvgIpc) is 2.28. The SMILES string of the molecule is COCCCN(C)c1ccc(C(N)=S)c(C)c1. The zero-order valence-corrected chi connectivity index (χ0v) is 11.5. The van der Waals surface area contributed by atoms with Crippen LogP contribution in [0.2, 0.25) is 0 Å². The highest BCUT2D eigenvalue weighted by atomic mass is 32.1. The van der Waals surface area contributed by atoms with Crippen LogP contribution in [0.1, 0.15) is 17.5 Å². The van der Waals surface area contributed by atoms with Gasteiger partial charge in [0.25, 0.3) is 0 Å². The van der Waals surface area contributed by atoms with Crippen LogP contribution in [-0.2, 0) is 4.74 Å². The Kier molecular flexibility index (Phi) is 5.38. The minimum absolute atomic E-state index is 0.455. The van der Waals surface area contributed by atoms with E-state index >= 15 is 0 Å². The van der Waals surface area contributed by atoms with Crippen molar-refractivity contribution in [3.05, 3.63) is 29.3 Å². The maximum Gasteiger partial charge on any atom is 0.104 e. The van der Waals surface area contributed by atoms with Gasteiger partial charge in [-0.15, -0.1) is 0 Å². The van der Waals surface area contributed by atoms with E-state index in [1.54, 1.807) is 7.11 Å². The average molecular weight is 252 g/mol. The van der Waals surface area contributed by atoms with Crippen molar-refractivity contribution in [3.63, 3.8) is 0 Å². The zero-order chi connectivity index (χ0) is 12.8. The van der Waals surface area contributed by atoms with Crippen LogP contribution in [0.4, 0.5) is 5.69 Å². The molecule has 0 aliphatic heterocycles. The Labute approximate surface area is 109 Å². The van der Waals surface area contributed by atoms with Crippen molar-refractivity contribution in [2.75, 3.05) is 32.2 Å². The van der Waals surface area contributed by atoms with Crippen LogP contribution >= 0.6 is 12.2 Å². The molecule has 0 aliphatic rings. The molecule has 4 heteroatoms. The zero-order valence-electron chi connectivity index (χ0n) is 10.7. The summed E-state index contributed by atoms with van der Waals surface area (Å²) in [4.78, 5) is 2.66. The number of methoxy groups -OCH3 is 1. The molecular formula is C13H20N2OS. The Morgan fingerprint density at radius 1 is 1.47 bits per heavy atom. The predicted molar refractivity (Wildman–Crippen MR) is 76.8 cm³/mol. The molecule has 17 heavy (non-hydrogen) atoms. The van der Waals surface area contributed by atoms with Gasteiger partial charge in [0.15, 0.2) is 0 Å². The molecule has 0 fully saturated rings. The first-order valence-corrected chi connectivity index (χ1v) is 6.07. The first kappa shape index (κ1) is 13.9. The van der Waals surface area contributed by atoms with Crippen LogP contribution in [0.15, 0.2) is 18.2 Å². The van der Waals surface area contributed by atoms with Crippen molar-refractivity contribution in [1.29, 1.82) is 0 Å². The van der Waals surface area contributed by atoms with Gasteiger partial charge in [0.2, 0.25) is 0 Å². The van der Waals surface area contributed by atoms with Gasteiger partial charge in [-0.2, -0.15) is 0 Å². The lowest BCUT2D eigenvalue weighted by molar-refractivity contribution is 0.196. The summed E-state index contributed by atoms with van der Waals surface area (Å²) in [5.41, 5.74) is 8.89. The topological polar surface area (TPSA) is 38.5 Å². The summed E-state index contributed by atoms with van der Waals surface area (Å²) in [5, 5.41) is 0. The molecule has 0 amide bonds.